The van der Waals surface area contributed by atoms with Crippen LogP contribution in [-0.2, 0) is 10.2 Å². The summed E-state index contributed by atoms with van der Waals surface area (Å²) >= 11 is 1.05. The molecule has 0 N–H and O–H groups in total. The molecule has 0 bridgehead atoms. The van der Waals surface area contributed by atoms with Gasteiger partial charge in [0.05, 0.1) is 32.3 Å². The summed E-state index contributed by atoms with van der Waals surface area (Å²) in [5, 5.41) is 1.68. The molecule has 0 spiro atoms. The van der Waals surface area contributed by atoms with E-state index in [9.17, 15) is 18.0 Å². The van der Waals surface area contributed by atoms with Crippen LogP contribution < -0.4 is 4.90 Å². The summed E-state index contributed by atoms with van der Waals surface area (Å²) in [6, 6.07) is 3.01. The van der Waals surface area contributed by atoms with Crippen LogP contribution in [0.15, 0.2) is 59.5 Å². The first-order valence-electron chi connectivity index (χ1n) is 13.6. The number of hydrogen-bond donors (Lipinski definition) is 0. The number of likely N-dealkylation sites (N-methyl/N-ethyl adjacent to an activating group) is 1. The number of amides is 1. The van der Waals surface area contributed by atoms with E-state index in [1.807, 2.05) is 21.1 Å². The monoisotopic (exact) mass is 583 g/mol. The standard InChI is InChI=1S/C29H39F4N4O2S/c1-5-6-7-8-9-10-13-28(22-12-11-14-34-21-22)24(29(31,32)33)19-23(20-25(28)30)36(26-35-15-18-40-26)27(38)39-17-16-37(2,3)4/h11-12,14-15,18-21,25H,5-10,13,16-17H2,1-4H3/q+1. The lowest BCUT2D eigenvalue weighted by Crippen LogP contribution is -2.47. The molecule has 2 atom stereocenters. The summed E-state index contributed by atoms with van der Waals surface area (Å²) in [5.41, 5.74) is -3.15. The zero-order valence-corrected chi connectivity index (χ0v) is 24.4. The number of ether oxygens (including phenoxy) is 1. The number of anilines is 1. The van der Waals surface area contributed by atoms with Gasteiger partial charge in [0.2, 0.25) is 0 Å². The van der Waals surface area contributed by atoms with Crippen LogP contribution in [-0.4, -0.2) is 67.2 Å². The lowest BCUT2D eigenvalue weighted by atomic mass is 9.65. The molecule has 1 aliphatic carbocycles. The van der Waals surface area contributed by atoms with E-state index in [-0.39, 0.29) is 29.4 Å². The number of allylic oxidation sites excluding steroid dienone is 3. The van der Waals surface area contributed by atoms with E-state index in [0.29, 0.717) is 23.9 Å². The van der Waals surface area contributed by atoms with Crippen LogP contribution in [0.4, 0.5) is 27.5 Å². The maximum absolute atomic E-state index is 16.5. The quantitative estimate of drug-likeness (QED) is 0.138. The third kappa shape index (κ3) is 7.90. The molecule has 0 fully saturated rings. The van der Waals surface area contributed by atoms with Crippen LogP contribution >= 0.6 is 11.3 Å². The number of aromatic nitrogens is 2. The third-order valence-electron chi connectivity index (χ3n) is 7.01. The van der Waals surface area contributed by atoms with Crippen LogP contribution in [0.25, 0.3) is 0 Å². The van der Waals surface area contributed by atoms with Crippen molar-refractivity contribution in [2.24, 2.45) is 0 Å². The molecule has 2 aromatic rings. The Kier molecular flexibility index (Phi) is 10.9. The Morgan fingerprint density at radius 2 is 1.88 bits per heavy atom. The van der Waals surface area contributed by atoms with Crippen molar-refractivity contribution in [3.05, 3.63) is 65.1 Å². The molecule has 0 saturated heterocycles. The normalized spacial score (nSPS) is 19.6. The third-order valence-corrected chi connectivity index (χ3v) is 7.76. The number of nitrogens with zero attached hydrogens (tertiary/aromatic N) is 4. The minimum atomic E-state index is -4.87. The largest absolute Gasteiger partial charge is 0.443 e. The number of quaternary nitrogens is 1. The number of carbonyl (C=O) groups is 1. The summed E-state index contributed by atoms with van der Waals surface area (Å²) in [6.45, 7) is 2.60. The van der Waals surface area contributed by atoms with E-state index in [0.717, 1.165) is 54.1 Å². The number of unbranched alkanes of at least 4 members (excludes halogenated alkanes) is 5. The van der Waals surface area contributed by atoms with Crippen molar-refractivity contribution < 1.29 is 31.6 Å². The maximum atomic E-state index is 16.5. The molecule has 6 nitrogen and oxygen atoms in total. The molecule has 40 heavy (non-hydrogen) atoms. The van der Waals surface area contributed by atoms with E-state index in [1.165, 1.54) is 30.7 Å². The molecular weight excluding hydrogens is 544 g/mol. The number of pyridine rings is 1. The average Bonchev–Trinajstić information content (AvgIpc) is 3.40. The van der Waals surface area contributed by atoms with Gasteiger partial charge in [-0.1, -0.05) is 51.5 Å². The Labute approximate surface area is 238 Å². The van der Waals surface area contributed by atoms with Gasteiger partial charge in [-0.3, -0.25) is 4.98 Å². The van der Waals surface area contributed by atoms with Crippen molar-refractivity contribution in [3.8, 4) is 0 Å². The molecule has 3 rings (SSSR count). The van der Waals surface area contributed by atoms with Gasteiger partial charge in [-0.05, 0) is 30.2 Å². The zero-order valence-electron chi connectivity index (χ0n) is 23.6. The van der Waals surface area contributed by atoms with Crippen LogP contribution in [0.3, 0.4) is 0 Å². The van der Waals surface area contributed by atoms with Gasteiger partial charge in [-0.25, -0.2) is 19.1 Å². The lowest BCUT2D eigenvalue weighted by Gasteiger charge is -2.42. The van der Waals surface area contributed by atoms with Crippen molar-refractivity contribution in [2.45, 2.75) is 69.6 Å². The van der Waals surface area contributed by atoms with Gasteiger partial charge in [-0.2, -0.15) is 13.2 Å². The molecule has 0 saturated carbocycles. The van der Waals surface area contributed by atoms with E-state index in [2.05, 4.69) is 16.9 Å². The van der Waals surface area contributed by atoms with E-state index < -0.39 is 29.4 Å². The summed E-state index contributed by atoms with van der Waals surface area (Å²) in [4.78, 5) is 22.3. The summed E-state index contributed by atoms with van der Waals surface area (Å²) in [6.07, 6.45) is 3.31. The highest BCUT2D eigenvalue weighted by Gasteiger charge is 2.55. The van der Waals surface area contributed by atoms with Crippen molar-refractivity contribution in [1.29, 1.82) is 0 Å². The Morgan fingerprint density at radius 3 is 2.48 bits per heavy atom. The molecule has 2 unspecified atom stereocenters. The van der Waals surface area contributed by atoms with Gasteiger partial charge >= 0.3 is 12.3 Å². The minimum absolute atomic E-state index is 0.0318. The molecule has 1 aliphatic rings. The number of rotatable bonds is 13. The van der Waals surface area contributed by atoms with Gasteiger partial charge in [0.1, 0.15) is 19.3 Å². The van der Waals surface area contributed by atoms with E-state index in [1.54, 1.807) is 5.38 Å². The van der Waals surface area contributed by atoms with Crippen molar-refractivity contribution in [3.63, 3.8) is 0 Å². The van der Waals surface area contributed by atoms with E-state index >= 15 is 4.39 Å². The Hall–Kier alpha value is -2.79. The average molecular weight is 584 g/mol. The summed E-state index contributed by atoms with van der Waals surface area (Å²) < 4.78 is 67.0. The highest BCUT2D eigenvalue weighted by atomic mass is 32.1. The smallest absolute Gasteiger partial charge is 0.421 e. The fourth-order valence-corrected chi connectivity index (χ4v) is 5.52. The van der Waals surface area contributed by atoms with Crippen molar-refractivity contribution >= 4 is 22.6 Å². The highest BCUT2D eigenvalue weighted by Crippen LogP contribution is 2.52. The molecular formula is C29H39F4N4O2S+. The first-order chi connectivity index (χ1) is 18.9. The number of halogens is 4. The van der Waals surface area contributed by atoms with Gasteiger partial charge in [0.25, 0.3) is 0 Å². The second-order valence-corrected chi connectivity index (χ2v) is 11.9. The van der Waals surface area contributed by atoms with Crippen molar-refractivity contribution in [2.75, 3.05) is 39.2 Å². The molecule has 0 radical (unpaired) electrons. The number of thiazole rings is 1. The number of alkyl halides is 4. The minimum Gasteiger partial charge on any atom is -0.443 e. The second kappa shape index (κ2) is 13.7. The molecule has 0 aromatic carbocycles. The van der Waals surface area contributed by atoms with E-state index in [4.69, 9.17) is 4.74 Å². The maximum Gasteiger partial charge on any atom is 0.421 e. The second-order valence-electron chi connectivity index (χ2n) is 11.1. The fraction of sp³-hybridized carbons (Fsp3) is 0.552. The molecule has 1 amide bonds. The molecule has 2 heterocycles. The highest BCUT2D eigenvalue weighted by molar-refractivity contribution is 7.13. The van der Waals surface area contributed by atoms with Gasteiger partial charge < -0.3 is 9.22 Å². The molecule has 2 aromatic heterocycles. The first-order valence-corrected chi connectivity index (χ1v) is 14.5. The van der Waals surface area contributed by atoms with Crippen LogP contribution in [0, 0.1) is 0 Å². The first kappa shape index (κ1) is 31.7. The Morgan fingerprint density at radius 1 is 1.15 bits per heavy atom. The number of carbonyl (C=O) groups excluding carboxylic acids is 1. The lowest BCUT2D eigenvalue weighted by molar-refractivity contribution is -0.870. The fourth-order valence-electron chi connectivity index (χ4n) is 4.87. The molecule has 0 aliphatic heterocycles. The SMILES string of the molecule is CCCCCCCCC1(c2cccnc2)C(C(F)(F)F)=CC(N(C(=O)OCC[N+](C)(C)C)c2nccs2)=CC1F. The van der Waals surface area contributed by atoms with Crippen LogP contribution in [0.2, 0.25) is 0 Å². The van der Waals surface area contributed by atoms with Crippen molar-refractivity contribution in [1.82, 2.24) is 9.97 Å². The van der Waals surface area contributed by atoms with Crippen LogP contribution in [0.5, 0.6) is 0 Å². The van der Waals surface area contributed by atoms with Gasteiger partial charge in [0.15, 0.2) is 5.13 Å². The Balaban J connectivity index is 2.03. The number of hydrogen-bond acceptors (Lipinski definition) is 5. The summed E-state index contributed by atoms with van der Waals surface area (Å²) in [5.74, 6) is 0. The van der Waals surface area contributed by atoms with Gasteiger partial charge in [0, 0.05) is 29.5 Å². The van der Waals surface area contributed by atoms with Crippen LogP contribution in [0.1, 0.15) is 57.4 Å². The predicted octanol–water partition coefficient (Wildman–Crippen LogP) is 7.60. The Bertz CT molecular complexity index is 1150. The zero-order chi connectivity index (χ0) is 29.4. The predicted molar refractivity (Wildman–Crippen MR) is 150 cm³/mol. The van der Waals surface area contributed by atoms with Gasteiger partial charge in [-0.15, -0.1) is 11.3 Å². The topological polar surface area (TPSA) is 55.3 Å². The molecule has 11 heteroatoms. The molecule has 220 valence electrons. The summed E-state index contributed by atoms with van der Waals surface area (Å²) in [7, 11) is 5.76.